The molecule has 0 unspecified atom stereocenters. The number of para-hydroxylation sites is 1. The first-order valence-electron chi connectivity index (χ1n) is 10.9. The molecule has 2 aromatic carbocycles. The van der Waals surface area contributed by atoms with Gasteiger partial charge in [0.2, 0.25) is 10.0 Å². The quantitative estimate of drug-likeness (QED) is 0.714. The highest BCUT2D eigenvalue weighted by atomic mass is 32.2. The molecule has 3 fully saturated rings. The molecule has 1 spiro atoms. The van der Waals surface area contributed by atoms with E-state index in [0.717, 1.165) is 29.0 Å². The minimum atomic E-state index is -3.20. The number of methoxy groups -OCH3 is 1. The molecule has 2 atom stereocenters. The summed E-state index contributed by atoms with van der Waals surface area (Å²) in [7, 11) is -1.52. The van der Waals surface area contributed by atoms with Crippen molar-refractivity contribution in [1.82, 2.24) is 9.21 Å². The number of rotatable bonds is 7. The first kappa shape index (κ1) is 20.9. The van der Waals surface area contributed by atoms with Crippen LogP contribution in [0.2, 0.25) is 0 Å². The third kappa shape index (κ3) is 3.48. The number of aliphatic hydroxyl groups excluding tert-OH is 1. The van der Waals surface area contributed by atoms with E-state index in [4.69, 9.17) is 4.74 Å². The minimum Gasteiger partial charge on any atom is -0.496 e. The third-order valence-corrected chi connectivity index (χ3v) is 8.53. The topological polar surface area (TPSA) is 70.1 Å². The lowest BCUT2D eigenvalue weighted by Gasteiger charge is -2.70. The maximum Gasteiger partial charge on any atom is 0.211 e. The van der Waals surface area contributed by atoms with Gasteiger partial charge in [-0.2, -0.15) is 4.31 Å². The van der Waals surface area contributed by atoms with Gasteiger partial charge in [-0.25, -0.2) is 8.42 Å². The van der Waals surface area contributed by atoms with Gasteiger partial charge >= 0.3 is 0 Å². The largest absolute Gasteiger partial charge is 0.496 e. The van der Waals surface area contributed by atoms with Crippen molar-refractivity contribution in [3.8, 4) is 16.9 Å². The van der Waals surface area contributed by atoms with Gasteiger partial charge < -0.3 is 9.84 Å². The maximum absolute atomic E-state index is 12.1. The fourth-order valence-corrected chi connectivity index (χ4v) is 6.44. The smallest absolute Gasteiger partial charge is 0.211 e. The molecule has 0 aromatic heterocycles. The van der Waals surface area contributed by atoms with Crippen molar-refractivity contribution < 1.29 is 18.3 Å². The molecule has 2 saturated heterocycles. The summed E-state index contributed by atoms with van der Waals surface area (Å²) < 4.78 is 31.2. The van der Waals surface area contributed by atoms with Crippen molar-refractivity contribution in [3.05, 3.63) is 54.1 Å². The van der Waals surface area contributed by atoms with E-state index in [1.807, 2.05) is 24.3 Å². The van der Waals surface area contributed by atoms with Crippen LogP contribution in [0, 0.1) is 5.92 Å². The highest BCUT2D eigenvalue weighted by Crippen LogP contribution is 2.55. The molecule has 7 heteroatoms. The van der Waals surface area contributed by atoms with Crippen molar-refractivity contribution >= 4 is 10.0 Å². The van der Waals surface area contributed by atoms with E-state index >= 15 is 0 Å². The van der Waals surface area contributed by atoms with Crippen molar-refractivity contribution in [2.75, 3.05) is 39.6 Å². The highest BCUT2D eigenvalue weighted by molar-refractivity contribution is 7.88. The SMILES string of the molecule is COc1ccccc1-c1ccc([C@@H]2[C@H](CO)N(CC3CC3)C23CN(S(C)(=O)=O)C3)cc1. The first-order valence-corrected chi connectivity index (χ1v) is 12.8. The van der Waals surface area contributed by atoms with Crippen molar-refractivity contribution in [1.29, 1.82) is 0 Å². The molecule has 2 aromatic rings. The predicted molar refractivity (Wildman–Crippen MR) is 121 cm³/mol. The second kappa shape index (κ2) is 7.59. The van der Waals surface area contributed by atoms with Crippen LogP contribution in [-0.4, -0.2) is 73.9 Å². The summed E-state index contributed by atoms with van der Waals surface area (Å²) in [5, 5.41) is 10.2. The van der Waals surface area contributed by atoms with Crippen LogP contribution in [-0.2, 0) is 10.0 Å². The van der Waals surface area contributed by atoms with Gasteiger partial charge in [-0.15, -0.1) is 0 Å². The Balaban J connectivity index is 1.44. The molecule has 166 valence electrons. The average Bonchev–Trinajstić information content (AvgIpc) is 3.54. The van der Waals surface area contributed by atoms with E-state index in [-0.39, 0.29) is 24.1 Å². The van der Waals surface area contributed by atoms with E-state index < -0.39 is 10.0 Å². The Morgan fingerprint density at radius 2 is 1.77 bits per heavy atom. The van der Waals surface area contributed by atoms with Crippen molar-refractivity contribution in [2.45, 2.75) is 30.3 Å². The van der Waals surface area contributed by atoms with Crippen LogP contribution in [0.25, 0.3) is 11.1 Å². The standard InChI is InChI=1S/C24H30N2O4S/c1-30-22-6-4-3-5-20(22)18-9-11-19(12-10-18)23-21(14-27)26(13-17-7-8-17)24(23)15-25(16-24)31(2,28)29/h3-6,9-12,17,21,23,27H,7-8,13-16H2,1-2H3/t21-,23+/m0/s1. The fraction of sp³-hybridized carbons (Fsp3) is 0.500. The third-order valence-electron chi connectivity index (χ3n) is 7.33. The number of benzene rings is 2. The van der Waals surface area contributed by atoms with Crippen LogP contribution < -0.4 is 4.74 Å². The van der Waals surface area contributed by atoms with E-state index in [2.05, 4.69) is 29.2 Å². The summed E-state index contributed by atoms with van der Waals surface area (Å²) in [5.41, 5.74) is 3.08. The Hall–Kier alpha value is -1.93. The molecule has 0 amide bonds. The Bertz CT molecular complexity index is 1060. The summed E-state index contributed by atoms with van der Waals surface area (Å²) in [6.45, 7) is 2.06. The zero-order chi connectivity index (χ0) is 21.8. The molecule has 0 radical (unpaired) electrons. The van der Waals surface area contributed by atoms with Gasteiger partial charge in [0.1, 0.15) is 5.75 Å². The number of nitrogens with zero attached hydrogens (tertiary/aromatic N) is 2. The van der Waals surface area contributed by atoms with Gasteiger partial charge in [0.05, 0.1) is 25.5 Å². The molecular weight excluding hydrogens is 412 g/mol. The molecule has 5 rings (SSSR count). The molecule has 0 bridgehead atoms. The lowest BCUT2D eigenvalue weighted by atomic mass is 9.61. The van der Waals surface area contributed by atoms with E-state index in [0.29, 0.717) is 19.0 Å². The van der Waals surface area contributed by atoms with Crippen LogP contribution in [0.15, 0.2) is 48.5 Å². The molecule has 3 aliphatic rings. The second-order valence-corrected chi connectivity index (χ2v) is 11.3. The number of hydrogen-bond donors (Lipinski definition) is 1. The minimum absolute atomic E-state index is 0.0411. The van der Waals surface area contributed by atoms with Crippen LogP contribution in [0.5, 0.6) is 5.75 Å². The summed E-state index contributed by atoms with van der Waals surface area (Å²) in [4.78, 5) is 2.39. The summed E-state index contributed by atoms with van der Waals surface area (Å²) in [6, 6.07) is 16.5. The molecule has 1 saturated carbocycles. The molecule has 1 N–H and O–H groups in total. The Morgan fingerprint density at radius 1 is 1.10 bits per heavy atom. The van der Waals surface area contributed by atoms with Crippen LogP contribution >= 0.6 is 0 Å². The van der Waals surface area contributed by atoms with Crippen LogP contribution in [0.3, 0.4) is 0 Å². The maximum atomic E-state index is 12.1. The van der Waals surface area contributed by atoms with Crippen LogP contribution in [0.1, 0.15) is 24.3 Å². The lowest BCUT2D eigenvalue weighted by molar-refractivity contribution is -0.172. The van der Waals surface area contributed by atoms with Gasteiger partial charge in [-0.05, 0) is 36.0 Å². The molecule has 1 aliphatic carbocycles. The number of sulfonamides is 1. The monoisotopic (exact) mass is 442 g/mol. The number of ether oxygens (including phenoxy) is 1. The summed E-state index contributed by atoms with van der Waals surface area (Å²) in [5.74, 6) is 1.65. The van der Waals surface area contributed by atoms with Gasteiger partial charge in [0.15, 0.2) is 0 Å². The Kier molecular flexibility index (Phi) is 5.13. The Morgan fingerprint density at radius 3 is 2.35 bits per heavy atom. The summed E-state index contributed by atoms with van der Waals surface area (Å²) >= 11 is 0. The predicted octanol–water partition coefficient (Wildman–Crippen LogP) is 2.55. The molecule has 31 heavy (non-hydrogen) atoms. The fourth-order valence-electron chi connectivity index (χ4n) is 5.53. The Labute approximate surface area is 184 Å². The van der Waals surface area contributed by atoms with Crippen LogP contribution in [0.4, 0.5) is 0 Å². The van der Waals surface area contributed by atoms with Gasteiger partial charge in [-0.1, -0.05) is 42.5 Å². The van der Waals surface area contributed by atoms with Gasteiger partial charge in [-0.3, -0.25) is 4.90 Å². The van der Waals surface area contributed by atoms with E-state index in [1.165, 1.54) is 19.1 Å². The van der Waals surface area contributed by atoms with Crippen molar-refractivity contribution in [2.24, 2.45) is 5.92 Å². The molecule has 2 aliphatic heterocycles. The van der Waals surface area contributed by atoms with E-state index in [9.17, 15) is 13.5 Å². The molecule has 6 nitrogen and oxygen atoms in total. The van der Waals surface area contributed by atoms with Gasteiger partial charge in [0.25, 0.3) is 0 Å². The molecule has 2 heterocycles. The number of aliphatic hydroxyl groups is 1. The molecular formula is C24H30N2O4S. The van der Waals surface area contributed by atoms with Crippen molar-refractivity contribution in [3.63, 3.8) is 0 Å². The zero-order valence-corrected chi connectivity index (χ0v) is 18.9. The van der Waals surface area contributed by atoms with E-state index in [1.54, 1.807) is 11.4 Å². The first-order chi connectivity index (χ1) is 14.9. The average molecular weight is 443 g/mol. The lowest BCUT2D eigenvalue weighted by Crippen LogP contribution is -2.85. The number of hydrogen-bond acceptors (Lipinski definition) is 5. The second-order valence-electron chi connectivity index (χ2n) is 9.28. The number of likely N-dealkylation sites (tertiary alicyclic amines) is 1. The highest BCUT2D eigenvalue weighted by Gasteiger charge is 2.67. The zero-order valence-electron chi connectivity index (χ0n) is 18.1. The summed E-state index contributed by atoms with van der Waals surface area (Å²) in [6.07, 6.45) is 3.75. The van der Waals surface area contributed by atoms with Gasteiger partial charge in [0, 0.05) is 37.2 Å². The normalized spacial score (nSPS) is 25.8.